The summed E-state index contributed by atoms with van der Waals surface area (Å²) < 4.78 is 1.08. The van der Waals surface area contributed by atoms with Crippen molar-refractivity contribution < 1.29 is 4.98 Å². The molecule has 108 valence electrons. The van der Waals surface area contributed by atoms with Gasteiger partial charge in [0, 0.05) is 16.1 Å². The van der Waals surface area contributed by atoms with Crippen LogP contribution in [0.2, 0.25) is 0 Å². The molecule has 0 aliphatic carbocycles. The largest absolute Gasteiger partial charge is 0.289 e. The van der Waals surface area contributed by atoms with E-state index in [0.717, 1.165) is 36.2 Å². The lowest BCUT2D eigenvalue weighted by Crippen LogP contribution is -2.45. The van der Waals surface area contributed by atoms with Gasteiger partial charge >= 0.3 is 0 Å². The van der Waals surface area contributed by atoms with Gasteiger partial charge in [0.05, 0.1) is 25.5 Å². The number of nitrogens with zero attached hydrogens (tertiary/aromatic N) is 3. The maximum Gasteiger partial charge on any atom is 0.274 e. The molecule has 1 aromatic carbocycles. The number of halogens is 1. The Bertz CT molecular complexity index is 607. The molecule has 0 saturated carbocycles. The molecule has 1 aliphatic heterocycles. The van der Waals surface area contributed by atoms with E-state index >= 15 is 0 Å². The minimum atomic E-state index is 0.934. The molecule has 1 saturated heterocycles. The van der Waals surface area contributed by atoms with Gasteiger partial charge in [-0.05, 0) is 12.1 Å². The highest BCUT2D eigenvalue weighted by Gasteiger charge is 2.21. The molecule has 0 spiro atoms. The van der Waals surface area contributed by atoms with Gasteiger partial charge in [-0.2, -0.15) is 5.10 Å². The number of aromatic amines is 1. The number of nitrogens with one attached hydrogen (secondary N) is 1. The van der Waals surface area contributed by atoms with Crippen molar-refractivity contribution in [1.82, 2.24) is 5.01 Å². The van der Waals surface area contributed by atoms with E-state index < -0.39 is 0 Å². The molecule has 0 unspecified atom stereocenters. The Morgan fingerprint density at radius 3 is 2.48 bits per heavy atom. The lowest BCUT2D eigenvalue weighted by atomic mass is 10.2. The van der Waals surface area contributed by atoms with E-state index in [9.17, 15) is 0 Å². The smallest absolute Gasteiger partial charge is 0.274 e. The van der Waals surface area contributed by atoms with Crippen LogP contribution in [-0.4, -0.2) is 37.4 Å². The fourth-order valence-corrected chi connectivity index (χ4v) is 2.74. The molecule has 0 radical (unpaired) electrons. The molecule has 0 atom stereocenters. The summed E-state index contributed by atoms with van der Waals surface area (Å²) in [5.74, 6) is 1.17. The van der Waals surface area contributed by atoms with Crippen LogP contribution < -0.4 is 9.88 Å². The van der Waals surface area contributed by atoms with Crippen LogP contribution >= 0.6 is 15.9 Å². The molecule has 21 heavy (non-hydrogen) atoms. The first-order valence-electron chi connectivity index (χ1n) is 7.08. The monoisotopic (exact) mass is 345 g/mol. The van der Waals surface area contributed by atoms with Crippen LogP contribution in [0.5, 0.6) is 0 Å². The van der Waals surface area contributed by atoms with Gasteiger partial charge in [0.2, 0.25) is 0 Å². The summed E-state index contributed by atoms with van der Waals surface area (Å²) in [5, 5.41) is 6.71. The first kappa shape index (κ1) is 14.1. The van der Waals surface area contributed by atoms with Gasteiger partial charge in [-0.3, -0.25) is 9.91 Å². The lowest BCUT2D eigenvalue weighted by molar-refractivity contribution is -0.364. The Morgan fingerprint density at radius 1 is 1.00 bits per heavy atom. The molecular formula is C16H18BrN4+. The van der Waals surface area contributed by atoms with Crippen LogP contribution in [-0.2, 0) is 0 Å². The molecule has 0 amide bonds. The van der Waals surface area contributed by atoms with Crippen LogP contribution in [0, 0.1) is 0 Å². The van der Waals surface area contributed by atoms with Gasteiger partial charge in [-0.15, -0.1) is 0 Å². The maximum absolute atomic E-state index is 4.58. The normalized spacial score (nSPS) is 15.7. The zero-order chi connectivity index (χ0) is 14.5. The molecule has 2 aromatic rings. The van der Waals surface area contributed by atoms with Gasteiger partial charge in [-0.25, -0.2) is 4.98 Å². The number of aromatic nitrogens is 1. The van der Waals surface area contributed by atoms with E-state index in [2.05, 4.69) is 54.1 Å². The van der Waals surface area contributed by atoms with Crippen molar-refractivity contribution in [2.24, 2.45) is 5.10 Å². The third-order valence-electron chi connectivity index (χ3n) is 3.55. The van der Waals surface area contributed by atoms with Gasteiger partial charge in [0.25, 0.3) is 5.82 Å². The highest BCUT2D eigenvalue weighted by Crippen LogP contribution is 2.14. The highest BCUT2D eigenvalue weighted by atomic mass is 79.9. The molecule has 0 bridgehead atoms. The molecule has 4 nitrogen and oxygen atoms in total. The third kappa shape index (κ3) is 3.61. The zero-order valence-corrected chi connectivity index (χ0v) is 13.3. The predicted octanol–water partition coefficient (Wildman–Crippen LogP) is 2.42. The second-order valence-electron chi connectivity index (χ2n) is 4.95. The number of piperazine rings is 1. The average molecular weight is 346 g/mol. The predicted molar refractivity (Wildman–Crippen MR) is 88.5 cm³/mol. The first-order chi connectivity index (χ1) is 10.3. The Morgan fingerprint density at radius 2 is 1.76 bits per heavy atom. The van der Waals surface area contributed by atoms with Crippen LogP contribution in [0.15, 0.2) is 58.2 Å². The van der Waals surface area contributed by atoms with Crippen molar-refractivity contribution in [3.8, 4) is 0 Å². The number of rotatable bonds is 3. The van der Waals surface area contributed by atoms with Crippen molar-refractivity contribution >= 4 is 28.0 Å². The number of pyridine rings is 1. The van der Waals surface area contributed by atoms with Gasteiger partial charge in [0.1, 0.15) is 13.1 Å². The summed E-state index contributed by atoms with van der Waals surface area (Å²) in [6.07, 6.45) is 3.89. The van der Waals surface area contributed by atoms with Crippen molar-refractivity contribution in [3.63, 3.8) is 0 Å². The summed E-state index contributed by atoms with van der Waals surface area (Å²) in [4.78, 5) is 5.63. The zero-order valence-electron chi connectivity index (χ0n) is 11.7. The van der Waals surface area contributed by atoms with E-state index in [4.69, 9.17) is 0 Å². The third-order valence-corrected chi connectivity index (χ3v) is 4.28. The lowest BCUT2D eigenvalue weighted by Gasteiger charge is -2.28. The standard InChI is InChI=1S/C16H17BrN4/c17-15-6-2-1-5-14(15)13-19-21-11-9-20(10-12-21)16-7-3-4-8-18-16/h1-8,13H,9-12H2/p+1/b19-13-. The molecule has 1 aromatic heterocycles. The Labute approximate surface area is 133 Å². The number of benzene rings is 1. The van der Waals surface area contributed by atoms with Crippen LogP contribution in [0.4, 0.5) is 5.82 Å². The van der Waals surface area contributed by atoms with E-state index in [1.165, 1.54) is 5.82 Å². The summed E-state index contributed by atoms with van der Waals surface area (Å²) in [6, 6.07) is 14.3. The average Bonchev–Trinajstić information content (AvgIpc) is 2.55. The van der Waals surface area contributed by atoms with E-state index in [-0.39, 0.29) is 0 Å². The van der Waals surface area contributed by atoms with Crippen LogP contribution in [0.25, 0.3) is 0 Å². The molecule has 2 heterocycles. The van der Waals surface area contributed by atoms with Crippen molar-refractivity contribution in [2.45, 2.75) is 0 Å². The maximum atomic E-state index is 4.58. The number of hydrogen-bond donors (Lipinski definition) is 0. The van der Waals surface area contributed by atoms with Gasteiger partial charge < -0.3 is 0 Å². The van der Waals surface area contributed by atoms with E-state index in [1.807, 2.05) is 36.7 Å². The molecule has 3 rings (SSSR count). The summed E-state index contributed by atoms with van der Waals surface area (Å²) in [5.41, 5.74) is 1.11. The fraction of sp³-hybridized carbons (Fsp3) is 0.250. The number of anilines is 1. The molecule has 1 fully saturated rings. The van der Waals surface area contributed by atoms with Crippen molar-refractivity contribution in [2.75, 3.05) is 31.1 Å². The fourth-order valence-electron chi connectivity index (χ4n) is 2.36. The van der Waals surface area contributed by atoms with Crippen molar-refractivity contribution in [1.29, 1.82) is 0 Å². The highest BCUT2D eigenvalue weighted by molar-refractivity contribution is 9.10. The molecule has 5 heteroatoms. The first-order valence-corrected chi connectivity index (χ1v) is 7.87. The molecular weight excluding hydrogens is 328 g/mol. The number of H-pyrrole nitrogens is 1. The van der Waals surface area contributed by atoms with Gasteiger partial charge in [0.15, 0.2) is 0 Å². The van der Waals surface area contributed by atoms with Crippen LogP contribution in [0.1, 0.15) is 5.56 Å². The van der Waals surface area contributed by atoms with Gasteiger partial charge in [-0.1, -0.05) is 40.2 Å². The Balaban J connectivity index is 1.58. The molecule has 1 aliphatic rings. The Hall–Kier alpha value is -1.88. The Kier molecular flexibility index (Phi) is 4.50. The van der Waals surface area contributed by atoms with Crippen LogP contribution in [0.3, 0.4) is 0 Å². The molecule has 1 N–H and O–H groups in total. The summed E-state index contributed by atoms with van der Waals surface area (Å²) >= 11 is 3.54. The SMILES string of the molecule is Brc1ccccc1/C=N\N1CCN(c2cccc[nH+]2)CC1. The second kappa shape index (κ2) is 6.72. The quantitative estimate of drug-likeness (QED) is 0.800. The second-order valence-corrected chi connectivity index (χ2v) is 5.81. The number of hydrogen-bond acceptors (Lipinski definition) is 3. The summed E-state index contributed by atoms with van der Waals surface area (Å²) in [6.45, 7) is 3.83. The minimum absolute atomic E-state index is 0.934. The van der Waals surface area contributed by atoms with E-state index in [0.29, 0.717) is 0 Å². The van der Waals surface area contributed by atoms with Crippen molar-refractivity contribution in [3.05, 3.63) is 58.7 Å². The topological polar surface area (TPSA) is 33.0 Å². The van der Waals surface area contributed by atoms with E-state index in [1.54, 1.807) is 0 Å². The minimum Gasteiger partial charge on any atom is -0.289 e. The number of hydrazone groups is 1. The summed E-state index contributed by atoms with van der Waals surface area (Å²) in [7, 11) is 0.